The molecule has 2 aromatic rings. The molecule has 0 unspecified atom stereocenters. The number of nitrogens with one attached hydrogen (secondary N) is 3. The van der Waals surface area contributed by atoms with Gasteiger partial charge in [0.15, 0.2) is 5.96 Å². The lowest BCUT2D eigenvalue weighted by molar-refractivity contribution is -0.121. The molecule has 0 atom stereocenters. The Labute approximate surface area is 191 Å². The summed E-state index contributed by atoms with van der Waals surface area (Å²) in [4.78, 5) is 16.0. The molecule has 0 aliphatic heterocycles. The van der Waals surface area contributed by atoms with Crippen molar-refractivity contribution in [3.63, 3.8) is 0 Å². The van der Waals surface area contributed by atoms with Crippen LogP contribution in [0.3, 0.4) is 0 Å². The van der Waals surface area contributed by atoms with Crippen LogP contribution in [0.25, 0.3) is 0 Å². The molecule has 1 amide bonds. The van der Waals surface area contributed by atoms with Gasteiger partial charge in [-0.2, -0.15) is 0 Å². The van der Waals surface area contributed by atoms with E-state index < -0.39 is 0 Å². The molecule has 0 heterocycles. The molecule has 0 fully saturated rings. The Balaban J connectivity index is 0.00000420. The van der Waals surface area contributed by atoms with Crippen molar-refractivity contribution in [3.8, 4) is 0 Å². The minimum Gasteiger partial charge on any atom is -0.356 e. The number of amides is 1. The summed E-state index contributed by atoms with van der Waals surface area (Å²) in [6, 6.07) is 21.3. The van der Waals surface area contributed by atoms with E-state index in [1.54, 1.807) is 7.05 Å². The molecule has 2 aromatic carbocycles. The number of hydrogen-bond acceptors (Lipinski definition) is 2. The maximum Gasteiger partial charge on any atom is 0.221 e. The summed E-state index contributed by atoms with van der Waals surface area (Å²) < 4.78 is 0. The normalized spacial score (nSPS) is 11.1. The molecule has 0 bridgehead atoms. The highest BCUT2D eigenvalue weighted by Crippen LogP contribution is 2.27. The van der Waals surface area contributed by atoms with Crippen LogP contribution in [0.5, 0.6) is 0 Å². The monoisotopic (exact) mass is 508 g/mol. The highest BCUT2D eigenvalue weighted by atomic mass is 127. The molecule has 0 radical (unpaired) electrons. The highest BCUT2D eigenvalue weighted by molar-refractivity contribution is 14.0. The molecule has 0 saturated heterocycles. The zero-order valence-corrected chi connectivity index (χ0v) is 19.9. The number of halogens is 1. The van der Waals surface area contributed by atoms with Crippen molar-refractivity contribution in [2.24, 2.45) is 4.99 Å². The molecule has 0 saturated carbocycles. The number of benzene rings is 2. The van der Waals surface area contributed by atoms with Gasteiger partial charge < -0.3 is 16.0 Å². The van der Waals surface area contributed by atoms with Crippen LogP contribution in [0.15, 0.2) is 65.7 Å². The van der Waals surface area contributed by atoms with Crippen LogP contribution in [-0.4, -0.2) is 38.0 Å². The van der Waals surface area contributed by atoms with Crippen LogP contribution < -0.4 is 16.0 Å². The second-order valence-corrected chi connectivity index (χ2v) is 7.06. The lowest BCUT2D eigenvalue weighted by Gasteiger charge is -2.19. The zero-order valence-electron chi connectivity index (χ0n) is 17.5. The average molecular weight is 508 g/mol. The summed E-state index contributed by atoms with van der Waals surface area (Å²) in [5.74, 6) is 1.09. The van der Waals surface area contributed by atoms with E-state index in [4.69, 9.17) is 0 Å². The van der Waals surface area contributed by atoms with E-state index >= 15 is 0 Å². The second-order valence-electron chi connectivity index (χ2n) is 7.06. The van der Waals surface area contributed by atoms with Gasteiger partial charge in [-0.05, 0) is 31.4 Å². The Kier molecular flexibility index (Phi) is 12.0. The van der Waals surface area contributed by atoms with E-state index in [-0.39, 0.29) is 35.9 Å². The van der Waals surface area contributed by atoms with E-state index in [2.05, 4.69) is 69.5 Å². The summed E-state index contributed by atoms with van der Waals surface area (Å²) >= 11 is 0. The van der Waals surface area contributed by atoms with Gasteiger partial charge in [-0.1, -0.05) is 60.7 Å². The van der Waals surface area contributed by atoms with E-state index in [0.29, 0.717) is 18.9 Å². The smallest absolute Gasteiger partial charge is 0.221 e. The Morgan fingerprint density at radius 2 is 1.41 bits per heavy atom. The van der Waals surface area contributed by atoms with Crippen molar-refractivity contribution in [2.75, 3.05) is 20.1 Å². The Morgan fingerprint density at radius 3 is 1.90 bits per heavy atom. The molecule has 0 aliphatic rings. The third-order valence-electron chi connectivity index (χ3n) is 4.45. The van der Waals surface area contributed by atoms with Crippen molar-refractivity contribution in [1.29, 1.82) is 0 Å². The summed E-state index contributed by atoms with van der Waals surface area (Å²) in [6.45, 7) is 5.26. The van der Waals surface area contributed by atoms with Crippen LogP contribution in [0, 0.1) is 0 Å². The van der Waals surface area contributed by atoms with Crippen LogP contribution in [0.1, 0.15) is 43.7 Å². The predicted molar refractivity (Wildman–Crippen MR) is 132 cm³/mol. The number of hydrogen-bond donors (Lipinski definition) is 3. The van der Waals surface area contributed by atoms with Gasteiger partial charge in [0.2, 0.25) is 5.91 Å². The largest absolute Gasteiger partial charge is 0.356 e. The van der Waals surface area contributed by atoms with Gasteiger partial charge in [0.05, 0.1) is 0 Å². The Hall–Kier alpha value is -2.09. The first-order valence-corrected chi connectivity index (χ1v) is 9.94. The standard InChI is InChI=1S/C23H32N4O.HI/c1-18(2)27-22(28)15-17-26-23(24-3)25-16-14-21(19-10-6-4-7-11-19)20-12-8-5-9-13-20;/h4-13,18,21H,14-17H2,1-3H3,(H,27,28)(H2,24,25,26);1H. The lowest BCUT2D eigenvalue weighted by atomic mass is 9.88. The van der Waals surface area contributed by atoms with Crippen molar-refractivity contribution < 1.29 is 4.79 Å². The molecule has 158 valence electrons. The number of nitrogens with zero attached hydrogens (tertiary/aromatic N) is 1. The molecule has 0 aromatic heterocycles. The van der Waals surface area contributed by atoms with Crippen LogP contribution in [0.2, 0.25) is 0 Å². The summed E-state index contributed by atoms with van der Waals surface area (Å²) in [5, 5.41) is 9.46. The van der Waals surface area contributed by atoms with Crippen molar-refractivity contribution in [3.05, 3.63) is 71.8 Å². The van der Waals surface area contributed by atoms with E-state index in [0.717, 1.165) is 18.9 Å². The van der Waals surface area contributed by atoms with E-state index in [1.807, 2.05) is 26.0 Å². The van der Waals surface area contributed by atoms with Gasteiger partial charge in [0.1, 0.15) is 0 Å². The molecule has 29 heavy (non-hydrogen) atoms. The molecular formula is C23H33IN4O. The predicted octanol–water partition coefficient (Wildman–Crippen LogP) is 3.91. The van der Waals surface area contributed by atoms with Gasteiger partial charge in [0.25, 0.3) is 0 Å². The quantitative estimate of drug-likeness (QED) is 0.274. The van der Waals surface area contributed by atoms with Gasteiger partial charge in [-0.25, -0.2) is 0 Å². The third-order valence-corrected chi connectivity index (χ3v) is 4.45. The summed E-state index contributed by atoms with van der Waals surface area (Å²) in [5.41, 5.74) is 2.62. The lowest BCUT2D eigenvalue weighted by Crippen LogP contribution is -2.40. The molecule has 5 nitrogen and oxygen atoms in total. The fraction of sp³-hybridized carbons (Fsp3) is 0.391. The van der Waals surface area contributed by atoms with Gasteiger partial charge in [0, 0.05) is 38.5 Å². The summed E-state index contributed by atoms with van der Waals surface area (Å²) in [7, 11) is 1.75. The SMILES string of the molecule is CN=C(NCCC(=O)NC(C)C)NCCC(c1ccccc1)c1ccccc1.I. The second kappa shape index (κ2) is 14.0. The fourth-order valence-electron chi connectivity index (χ4n) is 3.14. The summed E-state index contributed by atoms with van der Waals surface area (Å²) in [6.07, 6.45) is 1.37. The number of carbonyl (C=O) groups is 1. The van der Waals surface area contributed by atoms with E-state index in [9.17, 15) is 4.79 Å². The highest BCUT2D eigenvalue weighted by Gasteiger charge is 2.13. The first-order chi connectivity index (χ1) is 13.6. The molecular weight excluding hydrogens is 475 g/mol. The Morgan fingerprint density at radius 1 is 0.897 bits per heavy atom. The van der Waals surface area contributed by atoms with Crippen molar-refractivity contribution in [2.45, 2.75) is 38.6 Å². The first-order valence-electron chi connectivity index (χ1n) is 9.94. The maximum absolute atomic E-state index is 11.7. The minimum absolute atomic E-state index is 0. The molecule has 3 N–H and O–H groups in total. The number of rotatable bonds is 9. The molecule has 0 aliphatic carbocycles. The van der Waals surface area contributed by atoms with Crippen LogP contribution in [-0.2, 0) is 4.79 Å². The third kappa shape index (κ3) is 9.30. The van der Waals surface area contributed by atoms with Gasteiger partial charge >= 0.3 is 0 Å². The van der Waals surface area contributed by atoms with Gasteiger partial charge in [-0.15, -0.1) is 24.0 Å². The number of carbonyl (C=O) groups excluding carboxylic acids is 1. The Bertz CT molecular complexity index is 696. The number of aliphatic imine (C=N–C) groups is 1. The minimum atomic E-state index is 0. The van der Waals surface area contributed by atoms with Crippen molar-refractivity contribution in [1.82, 2.24) is 16.0 Å². The van der Waals surface area contributed by atoms with Crippen molar-refractivity contribution >= 4 is 35.8 Å². The average Bonchev–Trinajstić information content (AvgIpc) is 2.70. The number of guanidine groups is 1. The van der Waals surface area contributed by atoms with E-state index in [1.165, 1.54) is 11.1 Å². The maximum atomic E-state index is 11.7. The first kappa shape index (κ1) is 24.9. The van der Waals surface area contributed by atoms with Crippen LogP contribution in [0.4, 0.5) is 0 Å². The molecule has 0 spiro atoms. The fourth-order valence-corrected chi connectivity index (χ4v) is 3.14. The topological polar surface area (TPSA) is 65.5 Å². The molecule has 6 heteroatoms. The zero-order chi connectivity index (χ0) is 20.2. The van der Waals surface area contributed by atoms with Gasteiger partial charge in [-0.3, -0.25) is 9.79 Å². The van der Waals surface area contributed by atoms with Crippen LogP contribution >= 0.6 is 24.0 Å². The molecule has 2 rings (SSSR count).